The Kier molecular flexibility index (Phi) is 12.9. The molecule has 0 radical (unpaired) electrons. The van der Waals surface area contributed by atoms with E-state index in [4.69, 9.17) is 19.2 Å². The molecule has 0 spiro atoms. The van der Waals surface area contributed by atoms with Gasteiger partial charge in [-0.05, 0) is 70.3 Å². The van der Waals surface area contributed by atoms with Crippen LogP contribution in [0.1, 0.15) is 79.6 Å². The molecule has 7 rings (SSSR count). The van der Waals surface area contributed by atoms with Gasteiger partial charge in [-0.25, -0.2) is 31.4 Å². The van der Waals surface area contributed by atoms with E-state index in [-0.39, 0.29) is 49.6 Å². The van der Waals surface area contributed by atoms with E-state index >= 15 is 0 Å². The SMILES string of the molecule is CC1CCC=CC2CC2(C(=O)NS(=O)(=O)C2(CF)CC2)NC(=O)C2CC(Oc3ncc(N4CCOCC4)c4ccccc34)CN2C(=O)/C(=C\NC(=O)OC(C)(C)C(C)(F)F)C(C)C1. The van der Waals surface area contributed by atoms with E-state index in [0.29, 0.717) is 57.9 Å². The topological polar surface area (TPSA) is 186 Å². The molecule has 19 heteroatoms. The van der Waals surface area contributed by atoms with E-state index < -0.39 is 86.3 Å². The quantitative estimate of drug-likeness (QED) is 0.208. The van der Waals surface area contributed by atoms with Crippen LogP contribution in [0.25, 0.3) is 10.8 Å². The molecule has 15 nitrogen and oxygen atoms in total. The number of aromatic nitrogens is 1. The standard InChI is InChI=1S/C44H57F3N6O9S/c1-27-10-6-7-11-29-22-44(29,39(56)51-63(58,59)43(26-45)14-15-43)50-36(54)34-21-30(61-37-32-13-9-8-12-31(32)35(24-48-37)52-16-18-60-19-17-52)25-53(34)38(55)33(28(2)20-27)23-49-40(57)62-41(3,4)42(5,46)47/h7-9,11-13,23-24,27-30,34H,6,10,14-22,25-26H2,1-5H3,(H,49,57)(H,50,54)(H,51,56)/b11-7?,33-23-. The van der Waals surface area contributed by atoms with E-state index in [2.05, 4.69) is 20.3 Å². The largest absolute Gasteiger partial charge is 0.472 e. The lowest BCUT2D eigenvalue weighted by Gasteiger charge is -2.31. The molecule has 0 bridgehead atoms. The van der Waals surface area contributed by atoms with Gasteiger partial charge < -0.3 is 29.3 Å². The van der Waals surface area contributed by atoms with Crippen LogP contribution in [-0.2, 0) is 33.9 Å². The first-order valence-corrected chi connectivity index (χ1v) is 23.1. The first-order chi connectivity index (χ1) is 29.7. The lowest BCUT2D eigenvalue weighted by Crippen LogP contribution is -2.57. The van der Waals surface area contributed by atoms with E-state index in [0.717, 1.165) is 31.1 Å². The lowest BCUT2D eigenvalue weighted by atomic mass is 9.88. The number of anilines is 1. The van der Waals surface area contributed by atoms with Gasteiger partial charge in [0, 0.05) is 54.9 Å². The summed E-state index contributed by atoms with van der Waals surface area (Å²) in [5.41, 5.74) is -2.96. The molecule has 1 aromatic heterocycles. The number of amides is 4. The number of halogens is 3. The van der Waals surface area contributed by atoms with Crippen molar-refractivity contribution in [3.05, 3.63) is 54.4 Å². The number of pyridine rings is 1. The first-order valence-electron chi connectivity index (χ1n) is 21.6. The average molecular weight is 903 g/mol. The molecule has 2 saturated carbocycles. The monoisotopic (exact) mass is 902 g/mol. The van der Waals surface area contributed by atoms with Crippen molar-refractivity contribution in [1.82, 2.24) is 25.2 Å². The van der Waals surface area contributed by atoms with Crippen LogP contribution in [-0.4, -0.2) is 116 Å². The molecule has 63 heavy (non-hydrogen) atoms. The summed E-state index contributed by atoms with van der Waals surface area (Å²) in [4.78, 5) is 64.7. The van der Waals surface area contributed by atoms with Gasteiger partial charge in [0.15, 0.2) is 5.60 Å². The molecule has 1 aromatic carbocycles. The number of rotatable bonds is 10. The van der Waals surface area contributed by atoms with E-state index in [1.165, 1.54) is 4.90 Å². The Morgan fingerprint density at radius 2 is 1.78 bits per heavy atom. The number of carbonyl (C=O) groups excluding carboxylic acids is 4. The van der Waals surface area contributed by atoms with Gasteiger partial charge in [0.1, 0.15) is 29.1 Å². The van der Waals surface area contributed by atoms with Crippen molar-refractivity contribution in [3.63, 3.8) is 0 Å². The summed E-state index contributed by atoms with van der Waals surface area (Å²) in [5, 5.41) is 6.74. The molecular weight excluding hydrogens is 846 g/mol. The molecule has 6 unspecified atom stereocenters. The number of carbonyl (C=O) groups is 4. The third-order valence-corrected chi connectivity index (χ3v) is 15.4. The second-order valence-electron chi connectivity index (χ2n) is 18.3. The van der Waals surface area contributed by atoms with E-state index in [1.54, 1.807) is 19.2 Å². The maximum absolute atomic E-state index is 14.9. The highest BCUT2D eigenvalue weighted by molar-refractivity contribution is 7.91. The molecule has 2 saturated heterocycles. The van der Waals surface area contributed by atoms with Crippen molar-refractivity contribution < 1.29 is 55.0 Å². The zero-order valence-electron chi connectivity index (χ0n) is 36.3. The van der Waals surface area contributed by atoms with Gasteiger partial charge in [0.05, 0.1) is 31.6 Å². The summed E-state index contributed by atoms with van der Waals surface area (Å²) < 4.78 is 86.5. The Balaban J connectivity index is 1.23. The summed E-state index contributed by atoms with van der Waals surface area (Å²) >= 11 is 0. The number of ether oxygens (including phenoxy) is 3. The molecule has 4 amide bonds. The van der Waals surface area contributed by atoms with Crippen LogP contribution in [0.3, 0.4) is 0 Å². The average Bonchev–Trinajstić information content (AvgIpc) is 4.13. The number of fused-ring (bicyclic) bond motifs is 3. The molecular formula is C44H57F3N6O9S. The van der Waals surface area contributed by atoms with Crippen molar-refractivity contribution >= 4 is 50.3 Å². The van der Waals surface area contributed by atoms with Crippen LogP contribution in [0.4, 0.5) is 23.7 Å². The summed E-state index contributed by atoms with van der Waals surface area (Å²) in [6, 6.07) is 6.29. The van der Waals surface area contributed by atoms with Crippen LogP contribution in [0.15, 0.2) is 54.4 Å². The fourth-order valence-electron chi connectivity index (χ4n) is 8.59. The third-order valence-electron chi connectivity index (χ3n) is 13.3. The minimum absolute atomic E-state index is 0.0217. The molecule has 4 heterocycles. The second kappa shape index (κ2) is 17.6. The summed E-state index contributed by atoms with van der Waals surface area (Å²) in [7, 11) is -4.44. The van der Waals surface area contributed by atoms with Crippen molar-refractivity contribution in [1.29, 1.82) is 0 Å². The number of sulfonamides is 1. The van der Waals surface area contributed by atoms with Gasteiger partial charge in [0.25, 0.3) is 17.7 Å². The van der Waals surface area contributed by atoms with Crippen LogP contribution in [0, 0.1) is 17.8 Å². The summed E-state index contributed by atoms with van der Waals surface area (Å²) in [6.07, 6.45) is 6.18. The van der Waals surface area contributed by atoms with E-state index in [1.807, 2.05) is 37.3 Å². The number of nitrogens with one attached hydrogen (secondary N) is 3. The molecule has 4 fully saturated rings. The molecule has 3 aliphatic heterocycles. The van der Waals surface area contributed by atoms with Gasteiger partial charge >= 0.3 is 6.09 Å². The molecule has 2 aromatic rings. The minimum Gasteiger partial charge on any atom is -0.472 e. The Labute approximate surface area is 365 Å². The maximum atomic E-state index is 14.9. The zero-order valence-corrected chi connectivity index (χ0v) is 37.1. The van der Waals surface area contributed by atoms with Crippen LogP contribution in [0.5, 0.6) is 5.88 Å². The van der Waals surface area contributed by atoms with Gasteiger partial charge in [-0.15, -0.1) is 0 Å². The number of hydrogen-bond acceptors (Lipinski definition) is 11. The Morgan fingerprint density at radius 3 is 2.44 bits per heavy atom. The predicted octanol–water partition coefficient (Wildman–Crippen LogP) is 5.30. The van der Waals surface area contributed by atoms with Gasteiger partial charge in [-0.3, -0.25) is 24.4 Å². The Hall–Kier alpha value is -4.91. The highest BCUT2D eigenvalue weighted by Crippen LogP contribution is 2.48. The van der Waals surface area contributed by atoms with Crippen LogP contribution >= 0.6 is 0 Å². The lowest BCUT2D eigenvalue weighted by molar-refractivity contribution is -0.149. The van der Waals surface area contributed by atoms with Crippen LogP contribution < -0.4 is 25.0 Å². The van der Waals surface area contributed by atoms with Crippen molar-refractivity contribution in [2.45, 2.75) is 114 Å². The Bertz CT molecular complexity index is 2280. The molecule has 2 aliphatic carbocycles. The third kappa shape index (κ3) is 9.49. The molecule has 3 N–H and O–H groups in total. The minimum atomic E-state index is -4.44. The molecule has 6 atom stereocenters. The number of hydrogen-bond donors (Lipinski definition) is 3. The number of alkyl carbamates (subject to hydrolysis) is 1. The fraction of sp³-hybridized carbons (Fsp3) is 0.614. The van der Waals surface area contributed by atoms with Gasteiger partial charge in [-0.1, -0.05) is 44.2 Å². The summed E-state index contributed by atoms with van der Waals surface area (Å²) in [6.45, 7) is 7.68. The number of allylic oxidation sites excluding steroid dienone is 1. The first kappa shape index (κ1) is 46.1. The Morgan fingerprint density at radius 1 is 1.08 bits per heavy atom. The number of nitrogens with zero attached hydrogens (tertiary/aromatic N) is 3. The van der Waals surface area contributed by atoms with Crippen molar-refractivity contribution in [3.8, 4) is 5.88 Å². The van der Waals surface area contributed by atoms with Gasteiger partial charge in [-0.2, -0.15) is 0 Å². The second-order valence-corrected chi connectivity index (χ2v) is 20.4. The van der Waals surface area contributed by atoms with Gasteiger partial charge in [0.2, 0.25) is 21.8 Å². The van der Waals surface area contributed by atoms with Crippen molar-refractivity contribution in [2.75, 3.05) is 44.4 Å². The number of alkyl halides is 3. The van der Waals surface area contributed by atoms with Crippen molar-refractivity contribution in [2.24, 2.45) is 17.8 Å². The van der Waals surface area contributed by atoms with E-state index in [9.17, 15) is 40.8 Å². The molecule has 5 aliphatic rings. The fourth-order valence-corrected chi connectivity index (χ4v) is 10.0. The normalized spacial score (nSPS) is 28.6. The maximum Gasteiger partial charge on any atom is 0.411 e. The number of benzene rings is 1. The number of morpholine rings is 1. The predicted molar refractivity (Wildman–Crippen MR) is 227 cm³/mol. The highest BCUT2D eigenvalue weighted by atomic mass is 32.2. The zero-order chi connectivity index (χ0) is 45.5. The van der Waals surface area contributed by atoms with Crippen LogP contribution in [0.2, 0.25) is 0 Å². The smallest absolute Gasteiger partial charge is 0.411 e. The summed E-state index contributed by atoms with van der Waals surface area (Å²) in [5.74, 6) is -6.66. The molecule has 344 valence electrons. The highest BCUT2D eigenvalue weighted by Gasteiger charge is 2.64.